The lowest BCUT2D eigenvalue weighted by atomic mass is 10.1. The minimum Gasteiger partial charge on any atom is -0.497 e. The molecule has 0 atom stereocenters. The molecule has 0 fully saturated rings. The Labute approximate surface area is 125 Å². The number of ether oxygens (including phenoxy) is 1. The molecule has 0 aliphatic carbocycles. The molecule has 5 nitrogen and oxygen atoms in total. The Morgan fingerprint density at radius 1 is 1.09 bits per heavy atom. The fraction of sp³-hybridized carbons (Fsp3) is 0.0588. The summed E-state index contributed by atoms with van der Waals surface area (Å²) in [6, 6.07) is 13.8. The second kappa shape index (κ2) is 4.73. The van der Waals surface area contributed by atoms with Gasteiger partial charge in [-0.1, -0.05) is 18.2 Å². The van der Waals surface area contributed by atoms with Gasteiger partial charge in [-0.2, -0.15) is 0 Å². The van der Waals surface area contributed by atoms with E-state index in [2.05, 4.69) is 16.0 Å². The van der Waals surface area contributed by atoms with Crippen LogP contribution in [-0.2, 0) is 0 Å². The predicted octanol–water partition coefficient (Wildman–Crippen LogP) is 2.85. The van der Waals surface area contributed by atoms with E-state index in [-0.39, 0.29) is 5.69 Å². The van der Waals surface area contributed by atoms with E-state index in [1.54, 1.807) is 25.6 Å². The average Bonchev–Trinajstić information content (AvgIpc) is 2.99. The minimum absolute atomic E-state index is 0.193. The third-order valence-corrected chi connectivity index (χ3v) is 3.73. The molecule has 0 unspecified atom stereocenters. The highest BCUT2D eigenvalue weighted by Crippen LogP contribution is 2.26. The zero-order chi connectivity index (χ0) is 15.1. The van der Waals surface area contributed by atoms with Crippen LogP contribution in [0.3, 0.4) is 0 Å². The molecule has 4 aromatic rings. The predicted molar refractivity (Wildman–Crippen MR) is 85.3 cm³/mol. The van der Waals surface area contributed by atoms with Crippen LogP contribution in [0.25, 0.3) is 27.7 Å². The van der Waals surface area contributed by atoms with Crippen molar-refractivity contribution >= 4 is 16.4 Å². The molecular weight excluding hydrogens is 278 g/mol. The fourth-order valence-corrected chi connectivity index (χ4v) is 2.58. The van der Waals surface area contributed by atoms with E-state index in [9.17, 15) is 4.79 Å². The van der Waals surface area contributed by atoms with Crippen LogP contribution < -0.4 is 10.4 Å². The molecule has 2 heterocycles. The van der Waals surface area contributed by atoms with Crippen LogP contribution in [0.4, 0.5) is 0 Å². The molecule has 2 aromatic heterocycles. The fourth-order valence-electron chi connectivity index (χ4n) is 2.58. The molecule has 108 valence electrons. The Morgan fingerprint density at radius 3 is 2.73 bits per heavy atom. The summed E-state index contributed by atoms with van der Waals surface area (Å²) in [7, 11) is 1.66. The highest BCUT2D eigenvalue weighted by Gasteiger charge is 2.07. The van der Waals surface area contributed by atoms with Gasteiger partial charge in [-0.15, -0.1) is 0 Å². The van der Waals surface area contributed by atoms with E-state index >= 15 is 0 Å². The molecule has 0 spiro atoms. The lowest BCUT2D eigenvalue weighted by Crippen LogP contribution is -2.13. The Hall–Kier alpha value is -3.08. The summed E-state index contributed by atoms with van der Waals surface area (Å²) in [5.74, 6) is 0.833. The Morgan fingerprint density at radius 2 is 1.91 bits per heavy atom. The highest BCUT2D eigenvalue weighted by molar-refractivity contribution is 5.88. The summed E-state index contributed by atoms with van der Waals surface area (Å²) < 4.78 is 6.74. The second-order valence-electron chi connectivity index (χ2n) is 5.07. The first-order valence-electron chi connectivity index (χ1n) is 6.89. The maximum Gasteiger partial charge on any atom is 0.331 e. The Kier molecular flexibility index (Phi) is 2.72. The van der Waals surface area contributed by atoms with Crippen LogP contribution >= 0.6 is 0 Å². The third-order valence-electron chi connectivity index (χ3n) is 3.73. The van der Waals surface area contributed by atoms with Gasteiger partial charge in [0.25, 0.3) is 0 Å². The number of imidazole rings is 1. The molecule has 1 N–H and O–H groups in total. The smallest absolute Gasteiger partial charge is 0.331 e. The number of aromatic amines is 1. The van der Waals surface area contributed by atoms with Crippen molar-refractivity contribution in [1.82, 2.24) is 14.4 Å². The number of nitrogens with zero attached hydrogens (tertiary/aromatic N) is 2. The van der Waals surface area contributed by atoms with E-state index in [0.29, 0.717) is 5.65 Å². The maximum atomic E-state index is 11.8. The van der Waals surface area contributed by atoms with E-state index in [1.807, 2.05) is 30.3 Å². The molecular formula is C17H13N3O2. The molecule has 5 heteroatoms. The lowest BCUT2D eigenvalue weighted by Gasteiger charge is -2.04. The van der Waals surface area contributed by atoms with Gasteiger partial charge in [-0.05, 0) is 35.0 Å². The number of hydrogen-bond acceptors (Lipinski definition) is 3. The summed E-state index contributed by atoms with van der Waals surface area (Å²) in [4.78, 5) is 18.9. The van der Waals surface area contributed by atoms with E-state index in [1.165, 1.54) is 4.40 Å². The van der Waals surface area contributed by atoms with Crippen molar-refractivity contribution < 1.29 is 4.74 Å². The van der Waals surface area contributed by atoms with E-state index < -0.39 is 0 Å². The number of nitrogens with one attached hydrogen (secondary N) is 1. The number of H-pyrrole nitrogens is 1. The van der Waals surface area contributed by atoms with Gasteiger partial charge in [0.2, 0.25) is 0 Å². The summed E-state index contributed by atoms with van der Waals surface area (Å²) in [6.07, 6.45) is 3.35. The lowest BCUT2D eigenvalue weighted by molar-refractivity contribution is 0.415. The van der Waals surface area contributed by atoms with Crippen molar-refractivity contribution in [3.05, 3.63) is 65.3 Å². The molecule has 0 saturated heterocycles. The number of rotatable bonds is 2. The number of methoxy groups -OCH3 is 1. The molecule has 2 aromatic carbocycles. The number of benzene rings is 2. The SMILES string of the molecule is COc1ccc2cc(-c3cn4c(=O)[nH]ccc4n3)ccc2c1. The van der Waals surface area contributed by atoms with Crippen molar-refractivity contribution in [2.45, 2.75) is 0 Å². The van der Waals surface area contributed by atoms with Crippen LogP contribution in [0.1, 0.15) is 0 Å². The molecule has 22 heavy (non-hydrogen) atoms. The largest absolute Gasteiger partial charge is 0.497 e. The molecule has 4 rings (SSSR count). The van der Waals surface area contributed by atoms with Crippen LogP contribution in [0.15, 0.2) is 59.7 Å². The van der Waals surface area contributed by atoms with E-state index in [0.717, 1.165) is 27.8 Å². The van der Waals surface area contributed by atoms with Crippen molar-refractivity contribution in [3.63, 3.8) is 0 Å². The van der Waals surface area contributed by atoms with Crippen molar-refractivity contribution in [2.24, 2.45) is 0 Å². The first kappa shape index (κ1) is 12.6. The first-order chi connectivity index (χ1) is 10.7. The van der Waals surface area contributed by atoms with Crippen molar-refractivity contribution in [1.29, 1.82) is 0 Å². The van der Waals surface area contributed by atoms with Gasteiger partial charge in [0, 0.05) is 18.0 Å². The summed E-state index contributed by atoms with van der Waals surface area (Å²) in [5, 5.41) is 2.20. The van der Waals surface area contributed by atoms with Gasteiger partial charge in [-0.3, -0.25) is 4.40 Å². The minimum atomic E-state index is -0.193. The Balaban J connectivity index is 1.88. The zero-order valence-corrected chi connectivity index (χ0v) is 11.9. The normalized spacial score (nSPS) is 11.1. The standard InChI is InChI=1S/C17H13N3O2/c1-22-14-5-4-11-8-13(3-2-12(11)9-14)15-10-20-16(19-15)6-7-18-17(20)21/h2-10H,1H3,(H,18,21). The zero-order valence-electron chi connectivity index (χ0n) is 11.9. The number of aromatic nitrogens is 3. The third kappa shape index (κ3) is 1.95. The quantitative estimate of drug-likeness (QED) is 0.618. The average molecular weight is 291 g/mol. The molecule has 0 bridgehead atoms. The second-order valence-corrected chi connectivity index (χ2v) is 5.07. The molecule has 0 aliphatic rings. The monoisotopic (exact) mass is 291 g/mol. The van der Waals surface area contributed by atoms with Gasteiger partial charge in [0.1, 0.15) is 11.4 Å². The highest BCUT2D eigenvalue weighted by atomic mass is 16.5. The topological polar surface area (TPSA) is 59.4 Å². The van der Waals surface area contributed by atoms with Gasteiger partial charge >= 0.3 is 5.69 Å². The van der Waals surface area contributed by atoms with Crippen LogP contribution in [0.5, 0.6) is 5.75 Å². The number of hydrogen-bond donors (Lipinski definition) is 1. The van der Waals surface area contributed by atoms with Crippen LogP contribution in [0.2, 0.25) is 0 Å². The van der Waals surface area contributed by atoms with Crippen LogP contribution in [-0.4, -0.2) is 21.5 Å². The summed E-state index contributed by atoms with van der Waals surface area (Å²) >= 11 is 0. The molecule has 0 radical (unpaired) electrons. The van der Waals surface area contributed by atoms with Gasteiger partial charge in [0.15, 0.2) is 0 Å². The van der Waals surface area contributed by atoms with Gasteiger partial charge < -0.3 is 9.72 Å². The first-order valence-corrected chi connectivity index (χ1v) is 6.89. The summed E-state index contributed by atoms with van der Waals surface area (Å²) in [5.41, 5.74) is 2.19. The molecule has 0 amide bonds. The molecule has 0 saturated carbocycles. The number of fused-ring (bicyclic) bond motifs is 2. The van der Waals surface area contributed by atoms with Crippen molar-refractivity contribution in [3.8, 4) is 17.0 Å². The maximum absolute atomic E-state index is 11.8. The van der Waals surface area contributed by atoms with Crippen molar-refractivity contribution in [2.75, 3.05) is 7.11 Å². The Bertz CT molecular complexity index is 1050. The van der Waals surface area contributed by atoms with Crippen LogP contribution in [0, 0.1) is 0 Å². The van der Waals surface area contributed by atoms with E-state index in [4.69, 9.17) is 4.74 Å². The van der Waals surface area contributed by atoms with Gasteiger partial charge in [0.05, 0.1) is 12.8 Å². The van der Waals surface area contributed by atoms with Gasteiger partial charge in [-0.25, -0.2) is 9.78 Å². The molecule has 0 aliphatic heterocycles. The summed E-state index contributed by atoms with van der Waals surface area (Å²) in [6.45, 7) is 0.